The molecule has 21 heavy (non-hydrogen) atoms. The normalized spacial score (nSPS) is 20.1. The molecule has 1 heterocycles. The molecule has 0 spiro atoms. The van der Waals surface area contributed by atoms with E-state index in [-0.39, 0.29) is 24.2 Å². The summed E-state index contributed by atoms with van der Waals surface area (Å²) in [6.07, 6.45) is 2.91. The van der Waals surface area contributed by atoms with Crippen LogP contribution in [0.4, 0.5) is 0 Å². The van der Waals surface area contributed by atoms with Crippen molar-refractivity contribution in [1.82, 2.24) is 9.62 Å². The van der Waals surface area contributed by atoms with Crippen molar-refractivity contribution >= 4 is 15.9 Å². The van der Waals surface area contributed by atoms with E-state index in [0.29, 0.717) is 12.1 Å². The van der Waals surface area contributed by atoms with Gasteiger partial charge in [-0.1, -0.05) is 24.6 Å². The molecule has 1 amide bonds. The van der Waals surface area contributed by atoms with Crippen LogP contribution >= 0.6 is 0 Å². The zero-order valence-corrected chi connectivity index (χ0v) is 13.1. The first-order chi connectivity index (χ1) is 10.0. The molecule has 1 N–H and O–H groups in total. The highest BCUT2D eigenvalue weighted by atomic mass is 32.2. The van der Waals surface area contributed by atoms with E-state index in [1.165, 1.54) is 0 Å². The number of nitrogens with zero attached hydrogens (tertiary/aromatic N) is 1. The van der Waals surface area contributed by atoms with Crippen LogP contribution in [0, 0.1) is 0 Å². The van der Waals surface area contributed by atoms with Crippen molar-refractivity contribution in [2.45, 2.75) is 32.2 Å². The summed E-state index contributed by atoms with van der Waals surface area (Å²) >= 11 is 0. The zero-order chi connectivity index (χ0) is 15.3. The molecule has 0 aliphatic carbocycles. The van der Waals surface area contributed by atoms with Gasteiger partial charge in [0.25, 0.3) is 5.91 Å². The average Bonchev–Trinajstić information content (AvgIpc) is 2.48. The first-order valence-corrected chi connectivity index (χ1v) is 8.94. The van der Waals surface area contributed by atoms with E-state index < -0.39 is 10.0 Å². The molecule has 1 atom stereocenters. The third-order valence-corrected chi connectivity index (χ3v) is 5.76. The number of carbonyl (C=O) groups excluding carboxylic acids is 1. The van der Waals surface area contributed by atoms with E-state index in [1.807, 2.05) is 13.0 Å². The van der Waals surface area contributed by atoms with Gasteiger partial charge >= 0.3 is 0 Å². The maximum atomic E-state index is 12.3. The second kappa shape index (κ2) is 7.04. The van der Waals surface area contributed by atoms with Crippen LogP contribution in [0.25, 0.3) is 0 Å². The number of rotatable bonds is 5. The second-order valence-electron chi connectivity index (χ2n) is 5.39. The Hall–Kier alpha value is -1.40. The van der Waals surface area contributed by atoms with Gasteiger partial charge in [-0.25, -0.2) is 8.42 Å². The van der Waals surface area contributed by atoms with Gasteiger partial charge in [0, 0.05) is 24.7 Å². The van der Waals surface area contributed by atoms with Gasteiger partial charge in [0.05, 0.1) is 5.75 Å². The smallest absolute Gasteiger partial charge is 0.251 e. The van der Waals surface area contributed by atoms with Crippen LogP contribution in [0.1, 0.15) is 36.5 Å². The zero-order valence-electron chi connectivity index (χ0n) is 12.3. The van der Waals surface area contributed by atoms with Crippen molar-refractivity contribution in [3.8, 4) is 0 Å². The van der Waals surface area contributed by atoms with Crippen LogP contribution in [0.2, 0.25) is 0 Å². The van der Waals surface area contributed by atoms with Crippen LogP contribution in [-0.2, 0) is 10.0 Å². The highest BCUT2D eigenvalue weighted by molar-refractivity contribution is 7.89. The summed E-state index contributed by atoms with van der Waals surface area (Å²) in [7, 11) is -3.29. The summed E-state index contributed by atoms with van der Waals surface area (Å²) < 4.78 is 26.2. The molecular formula is C15H22N2O3S. The lowest BCUT2D eigenvalue weighted by Crippen LogP contribution is -2.45. The Morgan fingerprint density at radius 2 is 2.00 bits per heavy atom. The minimum Gasteiger partial charge on any atom is -0.351 e. The van der Waals surface area contributed by atoms with E-state index in [4.69, 9.17) is 0 Å². The predicted octanol–water partition coefficient (Wildman–Crippen LogP) is 1.62. The lowest BCUT2D eigenvalue weighted by molar-refractivity contribution is 0.0956. The van der Waals surface area contributed by atoms with Crippen LogP contribution in [0.3, 0.4) is 0 Å². The summed E-state index contributed by atoms with van der Waals surface area (Å²) in [5.74, 6) is -0.284. The minimum atomic E-state index is -3.29. The first kappa shape index (κ1) is 16.0. The maximum Gasteiger partial charge on any atom is 0.251 e. The quantitative estimate of drug-likeness (QED) is 0.898. The fourth-order valence-electron chi connectivity index (χ4n) is 2.59. The standard InChI is InChI=1S/C15H22N2O3S/c1-13-7-5-6-11-17(13)21(19,20)12-10-16-15(18)14-8-3-2-4-9-14/h2-4,8-9,13H,5-7,10-12H2,1H3,(H,16,18)/t13-/m0/s1. The van der Waals surface area contributed by atoms with E-state index in [1.54, 1.807) is 28.6 Å². The summed E-state index contributed by atoms with van der Waals surface area (Å²) in [5, 5.41) is 2.66. The Bertz CT molecular complexity index is 572. The minimum absolute atomic E-state index is 0.0457. The number of hydrogen-bond donors (Lipinski definition) is 1. The molecule has 0 bridgehead atoms. The van der Waals surface area contributed by atoms with Gasteiger partial charge in [-0.2, -0.15) is 4.31 Å². The van der Waals surface area contributed by atoms with Crippen molar-refractivity contribution in [3.63, 3.8) is 0 Å². The Morgan fingerprint density at radius 3 is 2.67 bits per heavy atom. The number of hydrogen-bond acceptors (Lipinski definition) is 3. The molecule has 0 aromatic heterocycles. The van der Waals surface area contributed by atoms with Crippen LogP contribution in [0.15, 0.2) is 30.3 Å². The molecule has 0 unspecified atom stereocenters. The van der Waals surface area contributed by atoms with Gasteiger partial charge < -0.3 is 5.32 Å². The highest BCUT2D eigenvalue weighted by Crippen LogP contribution is 2.19. The molecule has 1 fully saturated rings. The number of nitrogens with one attached hydrogen (secondary N) is 1. The third kappa shape index (κ3) is 4.28. The van der Waals surface area contributed by atoms with Gasteiger partial charge in [0.1, 0.15) is 0 Å². The molecule has 0 saturated carbocycles. The predicted molar refractivity (Wildman–Crippen MR) is 82.6 cm³/mol. The fraction of sp³-hybridized carbons (Fsp3) is 0.533. The molecule has 1 aliphatic rings. The van der Waals surface area contributed by atoms with Crippen molar-refractivity contribution in [2.24, 2.45) is 0 Å². The van der Waals surface area contributed by atoms with E-state index >= 15 is 0 Å². The van der Waals surface area contributed by atoms with E-state index in [2.05, 4.69) is 5.32 Å². The molecule has 6 heteroatoms. The fourth-order valence-corrected chi connectivity index (χ4v) is 4.24. The van der Waals surface area contributed by atoms with Gasteiger partial charge in [-0.3, -0.25) is 4.79 Å². The SMILES string of the molecule is C[C@H]1CCCCN1S(=O)(=O)CCNC(=O)c1ccccc1. The topological polar surface area (TPSA) is 66.5 Å². The monoisotopic (exact) mass is 310 g/mol. The lowest BCUT2D eigenvalue weighted by Gasteiger charge is -2.32. The molecular weight excluding hydrogens is 288 g/mol. The molecule has 1 saturated heterocycles. The molecule has 1 aliphatic heterocycles. The summed E-state index contributed by atoms with van der Waals surface area (Å²) in [4.78, 5) is 11.9. The lowest BCUT2D eigenvalue weighted by atomic mass is 10.1. The van der Waals surface area contributed by atoms with Crippen LogP contribution in [-0.4, -0.2) is 43.5 Å². The Kier molecular flexibility index (Phi) is 5.36. The van der Waals surface area contributed by atoms with E-state index in [9.17, 15) is 13.2 Å². The van der Waals surface area contributed by atoms with Gasteiger partial charge in [-0.05, 0) is 31.9 Å². The maximum absolute atomic E-state index is 12.3. The van der Waals surface area contributed by atoms with Gasteiger partial charge in [0.2, 0.25) is 10.0 Å². The molecule has 2 rings (SSSR count). The van der Waals surface area contributed by atoms with E-state index in [0.717, 1.165) is 19.3 Å². The first-order valence-electron chi connectivity index (χ1n) is 7.33. The van der Waals surface area contributed by atoms with Gasteiger partial charge in [-0.15, -0.1) is 0 Å². The summed E-state index contributed by atoms with van der Waals surface area (Å²) in [6.45, 7) is 2.68. The molecule has 1 aromatic carbocycles. The second-order valence-corrected chi connectivity index (χ2v) is 7.43. The Balaban J connectivity index is 1.86. The molecule has 5 nitrogen and oxygen atoms in total. The Morgan fingerprint density at radius 1 is 1.29 bits per heavy atom. The van der Waals surface area contributed by atoms with Crippen molar-refractivity contribution in [1.29, 1.82) is 0 Å². The number of amides is 1. The van der Waals surface area contributed by atoms with Crippen LogP contribution in [0.5, 0.6) is 0 Å². The van der Waals surface area contributed by atoms with Gasteiger partial charge in [0.15, 0.2) is 0 Å². The molecule has 0 radical (unpaired) electrons. The molecule has 116 valence electrons. The number of carbonyl (C=O) groups is 1. The average molecular weight is 310 g/mol. The summed E-state index contributed by atoms with van der Waals surface area (Å²) in [6, 6.07) is 8.86. The number of benzene rings is 1. The molecule has 1 aromatic rings. The number of piperidine rings is 1. The highest BCUT2D eigenvalue weighted by Gasteiger charge is 2.29. The van der Waals surface area contributed by atoms with Crippen molar-refractivity contribution < 1.29 is 13.2 Å². The largest absolute Gasteiger partial charge is 0.351 e. The Labute approximate surface area is 126 Å². The van der Waals surface area contributed by atoms with Crippen LogP contribution < -0.4 is 5.32 Å². The summed E-state index contributed by atoms with van der Waals surface area (Å²) in [5.41, 5.74) is 0.543. The van der Waals surface area contributed by atoms with Crippen molar-refractivity contribution in [2.75, 3.05) is 18.8 Å². The van der Waals surface area contributed by atoms with Crippen molar-refractivity contribution in [3.05, 3.63) is 35.9 Å². The third-order valence-electron chi connectivity index (χ3n) is 3.78. The number of sulfonamides is 1.